The summed E-state index contributed by atoms with van der Waals surface area (Å²) in [5, 5.41) is 20.6. The van der Waals surface area contributed by atoms with Crippen molar-refractivity contribution in [2.24, 2.45) is 0 Å². The van der Waals surface area contributed by atoms with E-state index in [1.165, 1.54) is 12.8 Å². The zero-order valence-electron chi connectivity index (χ0n) is 8.83. The Bertz CT molecular complexity index is 150. The highest BCUT2D eigenvalue weighted by atomic mass is 16.4. The zero-order chi connectivity index (χ0) is 10.8. The fraction of sp³-hybridized carbons (Fsp3) is 0.900. The van der Waals surface area contributed by atoms with Crippen LogP contribution in [0, 0.1) is 0 Å². The molecule has 0 amide bonds. The molecule has 14 heavy (non-hydrogen) atoms. The molecular formula is C10H21NO3. The van der Waals surface area contributed by atoms with Crippen LogP contribution in [0.3, 0.4) is 0 Å². The SMILES string of the molecule is CCCCNCCCCC(O)C(=O)O. The number of carboxylic acids is 1. The molecule has 0 saturated carbocycles. The Morgan fingerprint density at radius 3 is 2.50 bits per heavy atom. The van der Waals surface area contributed by atoms with Crippen LogP contribution in [0.15, 0.2) is 0 Å². The number of aliphatic hydroxyl groups is 1. The van der Waals surface area contributed by atoms with Gasteiger partial charge in [-0.3, -0.25) is 0 Å². The van der Waals surface area contributed by atoms with E-state index in [1.807, 2.05) is 0 Å². The van der Waals surface area contributed by atoms with Gasteiger partial charge < -0.3 is 15.5 Å². The van der Waals surface area contributed by atoms with E-state index in [9.17, 15) is 4.79 Å². The molecule has 0 bridgehead atoms. The van der Waals surface area contributed by atoms with E-state index >= 15 is 0 Å². The monoisotopic (exact) mass is 203 g/mol. The Labute approximate surface area is 85.3 Å². The predicted octanol–water partition coefficient (Wildman–Crippen LogP) is 0.992. The summed E-state index contributed by atoms with van der Waals surface area (Å²) in [6.45, 7) is 4.08. The normalized spacial score (nSPS) is 12.7. The van der Waals surface area contributed by atoms with Crippen molar-refractivity contribution in [2.75, 3.05) is 13.1 Å². The first kappa shape index (κ1) is 13.4. The first-order valence-corrected chi connectivity index (χ1v) is 5.30. The molecule has 3 N–H and O–H groups in total. The molecule has 0 aliphatic heterocycles. The van der Waals surface area contributed by atoms with Crippen LogP contribution < -0.4 is 5.32 Å². The van der Waals surface area contributed by atoms with Crippen LogP contribution in [0.5, 0.6) is 0 Å². The third-order valence-corrected chi connectivity index (χ3v) is 2.07. The molecule has 0 aromatic carbocycles. The summed E-state index contributed by atoms with van der Waals surface area (Å²) in [6.07, 6.45) is 3.21. The molecule has 0 heterocycles. The van der Waals surface area contributed by atoms with Gasteiger partial charge in [-0.1, -0.05) is 13.3 Å². The van der Waals surface area contributed by atoms with Crippen LogP contribution in [0.25, 0.3) is 0 Å². The van der Waals surface area contributed by atoms with Gasteiger partial charge >= 0.3 is 5.97 Å². The quantitative estimate of drug-likeness (QED) is 0.489. The lowest BCUT2D eigenvalue weighted by Crippen LogP contribution is -2.20. The third kappa shape index (κ3) is 8.01. The van der Waals surface area contributed by atoms with E-state index in [4.69, 9.17) is 10.2 Å². The average Bonchev–Trinajstić information content (AvgIpc) is 2.16. The Hall–Kier alpha value is -0.610. The lowest BCUT2D eigenvalue weighted by Gasteiger charge is -2.05. The van der Waals surface area contributed by atoms with Crippen molar-refractivity contribution in [1.29, 1.82) is 0 Å². The summed E-state index contributed by atoms with van der Waals surface area (Å²) in [4.78, 5) is 10.2. The second-order valence-electron chi connectivity index (χ2n) is 3.45. The number of hydrogen-bond donors (Lipinski definition) is 3. The van der Waals surface area contributed by atoms with Crippen LogP contribution in [-0.2, 0) is 4.79 Å². The molecule has 0 aromatic heterocycles. The van der Waals surface area contributed by atoms with Gasteiger partial charge in [0.1, 0.15) is 0 Å². The lowest BCUT2D eigenvalue weighted by atomic mass is 10.1. The van der Waals surface area contributed by atoms with E-state index in [-0.39, 0.29) is 0 Å². The van der Waals surface area contributed by atoms with Gasteiger partial charge in [-0.25, -0.2) is 4.79 Å². The van der Waals surface area contributed by atoms with Gasteiger partial charge in [0.15, 0.2) is 6.10 Å². The fourth-order valence-corrected chi connectivity index (χ4v) is 1.14. The van der Waals surface area contributed by atoms with Crippen LogP contribution >= 0.6 is 0 Å². The van der Waals surface area contributed by atoms with Crippen molar-refractivity contribution in [1.82, 2.24) is 5.32 Å². The number of rotatable bonds is 9. The van der Waals surface area contributed by atoms with Crippen molar-refractivity contribution >= 4 is 5.97 Å². The smallest absolute Gasteiger partial charge is 0.332 e. The largest absolute Gasteiger partial charge is 0.479 e. The molecule has 0 aromatic rings. The van der Waals surface area contributed by atoms with Gasteiger partial charge in [0.25, 0.3) is 0 Å². The van der Waals surface area contributed by atoms with E-state index in [0.717, 1.165) is 25.9 Å². The molecule has 84 valence electrons. The number of nitrogens with one attached hydrogen (secondary N) is 1. The van der Waals surface area contributed by atoms with Gasteiger partial charge in [0.05, 0.1) is 0 Å². The predicted molar refractivity (Wildman–Crippen MR) is 55.3 cm³/mol. The Morgan fingerprint density at radius 2 is 1.93 bits per heavy atom. The molecule has 4 nitrogen and oxygen atoms in total. The Morgan fingerprint density at radius 1 is 1.29 bits per heavy atom. The highest BCUT2D eigenvalue weighted by Gasteiger charge is 2.11. The first-order valence-electron chi connectivity index (χ1n) is 5.30. The second-order valence-corrected chi connectivity index (χ2v) is 3.45. The first-order chi connectivity index (χ1) is 6.68. The van der Waals surface area contributed by atoms with E-state index in [2.05, 4.69) is 12.2 Å². The maximum absolute atomic E-state index is 10.2. The van der Waals surface area contributed by atoms with Gasteiger partial charge in [0.2, 0.25) is 0 Å². The second kappa shape index (κ2) is 8.97. The van der Waals surface area contributed by atoms with Crippen molar-refractivity contribution in [3.05, 3.63) is 0 Å². The summed E-state index contributed by atoms with van der Waals surface area (Å²) >= 11 is 0. The molecule has 4 heteroatoms. The van der Waals surface area contributed by atoms with E-state index in [0.29, 0.717) is 6.42 Å². The number of carbonyl (C=O) groups is 1. The van der Waals surface area contributed by atoms with Crippen LogP contribution in [-0.4, -0.2) is 35.4 Å². The summed E-state index contributed by atoms with van der Waals surface area (Å²) in [6, 6.07) is 0. The molecule has 0 rings (SSSR count). The summed E-state index contributed by atoms with van der Waals surface area (Å²) in [5.74, 6) is -1.12. The maximum Gasteiger partial charge on any atom is 0.332 e. The average molecular weight is 203 g/mol. The topological polar surface area (TPSA) is 69.6 Å². The molecule has 1 atom stereocenters. The summed E-state index contributed by atoms with van der Waals surface area (Å²) in [7, 11) is 0. The van der Waals surface area contributed by atoms with Gasteiger partial charge in [0, 0.05) is 0 Å². The molecule has 0 aliphatic rings. The minimum absolute atomic E-state index is 0.352. The standard InChI is InChI=1S/C10H21NO3/c1-2-3-7-11-8-5-4-6-9(12)10(13)14/h9,11-12H,2-8H2,1H3,(H,13,14). The molecule has 0 aliphatic carbocycles. The Balaban J connectivity index is 3.09. The minimum atomic E-state index is -1.19. The van der Waals surface area contributed by atoms with Crippen LogP contribution in [0.1, 0.15) is 39.0 Å². The lowest BCUT2D eigenvalue weighted by molar-refractivity contribution is -0.146. The summed E-state index contributed by atoms with van der Waals surface area (Å²) in [5.41, 5.74) is 0. The van der Waals surface area contributed by atoms with Crippen molar-refractivity contribution in [3.8, 4) is 0 Å². The van der Waals surface area contributed by atoms with E-state index in [1.54, 1.807) is 0 Å². The molecule has 0 radical (unpaired) electrons. The number of aliphatic hydroxyl groups excluding tert-OH is 1. The number of carboxylic acid groups (broad SMARTS) is 1. The summed E-state index contributed by atoms with van der Waals surface area (Å²) < 4.78 is 0. The molecule has 0 saturated heterocycles. The third-order valence-electron chi connectivity index (χ3n) is 2.07. The maximum atomic E-state index is 10.2. The van der Waals surface area contributed by atoms with Gasteiger partial charge in [-0.2, -0.15) is 0 Å². The van der Waals surface area contributed by atoms with Crippen molar-refractivity contribution < 1.29 is 15.0 Å². The molecule has 0 spiro atoms. The number of unbranched alkanes of at least 4 members (excludes halogenated alkanes) is 2. The van der Waals surface area contributed by atoms with Gasteiger partial charge in [-0.05, 0) is 38.8 Å². The zero-order valence-corrected chi connectivity index (χ0v) is 8.83. The number of aliphatic carboxylic acids is 1. The van der Waals surface area contributed by atoms with Crippen molar-refractivity contribution in [2.45, 2.75) is 45.1 Å². The minimum Gasteiger partial charge on any atom is -0.479 e. The van der Waals surface area contributed by atoms with Crippen molar-refractivity contribution in [3.63, 3.8) is 0 Å². The highest BCUT2D eigenvalue weighted by Crippen LogP contribution is 2.00. The molecule has 1 unspecified atom stereocenters. The molecular weight excluding hydrogens is 182 g/mol. The molecule has 0 fully saturated rings. The van der Waals surface area contributed by atoms with E-state index < -0.39 is 12.1 Å². The highest BCUT2D eigenvalue weighted by molar-refractivity contribution is 5.71. The van der Waals surface area contributed by atoms with Crippen LogP contribution in [0.4, 0.5) is 0 Å². The number of hydrogen-bond acceptors (Lipinski definition) is 3. The Kier molecular flexibility index (Phi) is 8.57. The van der Waals surface area contributed by atoms with Gasteiger partial charge in [-0.15, -0.1) is 0 Å². The van der Waals surface area contributed by atoms with Crippen LogP contribution in [0.2, 0.25) is 0 Å². The fourth-order valence-electron chi connectivity index (χ4n) is 1.14.